The van der Waals surface area contributed by atoms with E-state index in [0.717, 1.165) is 13.0 Å². The Morgan fingerprint density at radius 1 is 1.29 bits per heavy atom. The maximum atomic E-state index is 12.2. The van der Waals surface area contributed by atoms with Gasteiger partial charge in [-0.2, -0.15) is 12.7 Å². The van der Waals surface area contributed by atoms with Crippen LogP contribution in [0.3, 0.4) is 0 Å². The van der Waals surface area contributed by atoms with Crippen LogP contribution >= 0.6 is 23.2 Å². The second kappa shape index (κ2) is 8.19. The van der Waals surface area contributed by atoms with Crippen molar-refractivity contribution in [2.45, 2.75) is 26.3 Å². The molecule has 1 aromatic carbocycles. The van der Waals surface area contributed by atoms with Gasteiger partial charge in [-0.15, -0.1) is 0 Å². The first kappa shape index (κ1) is 18.5. The Morgan fingerprint density at radius 3 is 2.57 bits per heavy atom. The van der Waals surface area contributed by atoms with Crippen molar-refractivity contribution in [1.82, 2.24) is 9.62 Å². The number of benzene rings is 1. The normalized spacial score (nSPS) is 12.1. The third-order valence-electron chi connectivity index (χ3n) is 2.78. The van der Waals surface area contributed by atoms with Gasteiger partial charge >= 0.3 is 10.2 Å². The topological polar surface area (TPSA) is 61.4 Å². The molecule has 0 aliphatic carbocycles. The van der Waals surface area contributed by atoms with E-state index in [1.54, 1.807) is 12.1 Å². The quantitative estimate of drug-likeness (QED) is 0.706. The molecule has 1 rings (SSSR count). The van der Waals surface area contributed by atoms with Gasteiger partial charge in [0.25, 0.3) is 0 Å². The standard InChI is InChI=1S/C13H21Cl2N3O2S/c1-10(2)16-7-4-8-18(3)21(19,20)17-13-9-11(14)5-6-12(13)15/h5-6,9-10,16-17H,4,7-8H2,1-3H3. The van der Waals surface area contributed by atoms with Crippen LogP contribution in [0.1, 0.15) is 20.3 Å². The lowest BCUT2D eigenvalue weighted by atomic mass is 10.3. The van der Waals surface area contributed by atoms with E-state index in [0.29, 0.717) is 22.6 Å². The molecule has 0 radical (unpaired) electrons. The molecule has 0 unspecified atom stereocenters. The summed E-state index contributed by atoms with van der Waals surface area (Å²) in [6.07, 6.45) is 0.721. The second-order valence-corrected chi connectivity index (χ2v) is 7.64. The van der Waals surface area contributed by atoms with Gasteiger partial charge in [0.05, 0.1) is 10.7 Å². The van der Waals surface area contributed by atoms with Crippen molar-refractivity contribution in [2.75, 3.05) is 24.9 Å². The monoisotopic (exact) mass is 353 g/mol. The summed E-state index contributed by atoms with van der Waals surface area (Å²) in [6, 6.07) is 5.02. The molecule has 0 bridgehead atoms. The molecule has 120 valence electrons. The molecular formula is C13H21Cl2N3O2S. The van der Waals surface area contributed by atoms with Crippen molar-refractivity contribution in [2.24, 2.45) is 0 Å². The predicted molar refractivity (Wildman–Crippen MR) is 89.4 cm³/mol. The van der Waals surface area contributed by atoms with Gasteiger partial charge in [0.15, 0.2) is 0 Å². The zero-order chi connectivity index (χ0) is 16.0. The Labute approximate surface area is 136 Å². The molecule has 0 fully saturated rings. The maximum absolute atomic E-state index is 12.2. The van der Waals surface area contributed by atoms with E-state index in [4.69, 9.17) is 23.2 Å². The van der Waals surface area contributed by atoms with Crippen LogP contribution in [0.4, 0.5) is 5.69 Å². The first-order chi connectivity index (χ1) is 9.72. The summed E-state index contributed by atoms with van der Waals surface area (Å²) in [5.41, 5.74) is 0.274. The van der Waals surface area contributed by atoms with E-state index < -0.39 is 10.2 Å². The molecule has 8 heteroatoms. The maximum Gasteiger partial charge on any atom is 0.301 e. The molecule has 0 saturated carbocycles. The van der Waals surface area contributed by atoms with Crippen molar-refractivity contribution >= 4 is 39.1 Å². The van der Waals surface area contributed by atoms with Crippen LogP contribution < -0.4 is 10.0 Å². The van der Waals surface area contributed by atoms with Gasteiger partial charge in [-0.25, -0.2) is 0 Å². The fourth-order valence-corrected chi connectivity index (χ4v) is 2.97. The van der Waals surface area contributed by atoms with Crippen LogP contribution in [-0.4, -0.2) is 38.9 Å². The molecular weight excluding hydrogens is 333 g/mol. The fourth-order valence-electron chi connectivity index (χ4n) is 1.61. The zero-order valence-corrected chi connectivity index (χ0v) is 14.7. The van der Waals surface area contributed by atoms with Gasteiger partial charge in [0, 0.05) is 24.7 Å². The Balaban J connectivity index is 2.61. The molecule has 0 aromatic heterocycles. The summed E-state index contributed by atoms with van der Waals surface area (Å²) < 4.78 is 28.1. The van der Waals surface area contributed by atoms with E-state index in [1.807, 2.05) is 13.8 Å². The Bertz CT molecular complexity index is 565. The first-order valence-electron chi connectivity index (χ1n) is 6.65. The molecule has 0 aliphatic rings. The molecule has 1 aromatic rings. The summed E-state index contributed by atoms with van der Waals surface area (Å²) in [7, 11) is -2.12. The van der Waals surface area contributed by atoms with Crippen LogP contribution in [0.5, 0.6) is 0 Å². The van der Waals surface area contributed by atoms with Crippen LogP contribution in [-0.2, 0) is 10.2 Å². The zero-order valence-electron chi connectivity index (χ0n) is 12.4. The lowest BCUT2D eigenvalue weighted by molar-refractivity contribution is 0.451. The number of nitrogens with one attached hydrogen (secondary N) is 2. The third kappa shape index (κ3) is 6.40. The van der Waals surface area contributed by atoms with Crippen LogP contribution in [0, 0.1) is 0 Å². The van der Waals surface area contributed by atoms with Gasteiger partial charge < -0.3 is 5.32 Å². The lowest BCUT2D eigenvalue weighted by Gasteiger charge is -2.19. The van der Waals surface area contributed by atoms with E-state index in [-0.39, 0.29) is 5.69 Å². The lowest BCUT2D eigenvalue weighted by Crippen LogP contribution is -2.35. The number of rotatable bonds is 8. The highest BCUT2D eigenvalue weighted by molar-refractivity contribution is 7.90. The van der Waals surface area contributed by atoms with Gasteiger partial charge in [-0.1, -0.05) is 37.0 Å². The predicted octanol–water partition coefficient (Wildman–Crippen LogP) is 2.97. The SMILES string of the molecule is CC(C)NCCCN(C)S(=O)(=O)Nc1cc(Cl)ccc1Cl. The minimum atomic E-state index is -3.64. The molecule has 0 aliphatic heterocycles. The van der Waals surface area contributed by atoms with Crippen molar-refractivity contribution in [3.05, 3.63) is 28.2 Å². The van der Waals surface area contributed by atoms with Gasteiger partial charge in [-0.05, 0) is 31.2 Å². The summed E-state index contributed by atoms with van der Waals surface area (Å²) in [6.45, 7) is 5.26. The molecule has 2 N–H and O–H groups in total. The minimum Gasteiger partial charge on any atom is -0.314 e. The smallest absolute Gasteiger partial charge is 0.301 e. The highest BCUT2D eigenvalue weighted by Crippen LogP contribution is 2.26. The fraction of sp³-hybridized carbons (Fsp3) is 0.538. The highest BCUT2D eigenvalue weighted by atomic mass is 35.5. The van der Waals surface area contributed by atoms with Gasteiger partial charge in [0.2, 0.25) is 0 Å². The van der Waals surface area contributed by atoms with Crippen molar-refractivity contribution in [3.63, 3.8) is 0 Å². The summed E-state index contributed by atoms with van der Waals surface area (Å²) >= 11 is 11.8. The molecule has 0 amide bonds. The van der Waals surface area contributed by atoms with E-state index in [1.165, 1.54) is 17.4 Å². The minimum absolute atomic E-state index is 0.274. The molecule has 0 atom stereocenters. The summed E-state index contributed by atoms with van der Waals surface area (Å²) in [4.78, 5) is 0. The van der Waals surface area contributed by atoms with E-state index in [2.05, 4.69) is 10.0 Å². The highest BCUT2D eigenvalue weighted by Gasteiger charge is 2.18. The first-order valence-corrected chi connectivity index (χ1v) is 8.84. The average Bonchev–Trinajstić information content (AvgIpc) is 2.38. The van der Waals surface area contributed by atoms with Gasteiger partial charge in [0.1, 0.15) is 0 Å². The Hall–Kier alpha value is -0.530. The number of hydrogen-bond acceptors (Lipinski definition) is 3. The molecule has 0 saturated heterocycles. The number of hydrogen-bond donors (Lipinski definition) is 2. The van der Waals surface area contributed by atoms with Crippen molar-refractivity contribution in [1.29, 1.82) is 0 Å². The largest absolute Gasteiger partial charge is 0.314 e. The average molecular weight is 354 g/mol. The Morgan fingerprint density at radius 2 is 1.95 bits per heavy atom. The molecule has 21 heavy (non-hydrogen) atoms. The van der Waals surface area contributed by atoms with E-state index in [9.17, 15) is 8.42 Å². The van der Waals surface area contributed by atoms with Crippen LogP contribution in [0.15, 0.2) is 18.2 Å². The number of nitrogens with zero attached hydrogens (tertiary/aromatic N) is 1. The molecule has 5 nitrogen and oxygen atoms in total. The Kier molecular flexibility index (Phi) is 7.23. The van der Waals surface area contributed by atoms with E-state index >= 15 is 0 Å². The number of anilines is 1. The summed E-state index contributed by atoms with van der Waals surface area (Å²) in [5, 5.41) is 3.96. The van der Waals surface area contributed by atoms with Gasteiger partial charge in [-0.3, -0.25) is 4.72 Å². The third-order valence-corrected chi connectivity index (χ3v) is 4.83. The second-order valence-electron chi connectivity index (χ2n) is 5.02. The van der Waals surface area contributed by atoms with Crippen molar-refractivity contribution in [3.8, 4) is 0 Å². The molecule has 0 spiro atoms. The summed E-state index contributed by atoms with van der Waals surface area (Å²) in [5.74, 6) is 0. The van der Waals surface area contributed by atoms with Crippen LogP contribution in [0.25, 0.3) is 0 Å². The van der Waals surface area contributed by atoms with Crippen LogP contribution in [0.2, 0.25) is 10.0 Å². The van der Waals surface area contributed by atoms with Crippen molar-refractivity contribution < 1.29 is 8.42 Å². The molecule has 0 heterocycles. The number of halogens is 2.